The molecular formula is C27H32BrClN4O5S. The Kier molecular flexibility index (Phi) is 8.75. The van der Waals surface area contributed by atoms with Crippen LogP contribution in [0.4, 0.5) is 4.79 Å². The summed E-state index contributed by atoms with van der Waals surface area (Å²) in [5.41, 5.74) is 1.12. The molecule has 1 N–H and O–H groups in total. The number of alkyl carbamates (subject to hydrolysis) is 1. The zero-order chi connectivity index (χ0) is 28.5. The maximum atomic E-state index is 13.4. The van der Waals surface area contributed by atoms with E-state index in [4.69, 9.17) is 16.3 Å². The zero-order valence-electron chi connectivity index (χ0n) is 22.3. The van der Waals surface area contributed by atoms with Crippen molar-refractivity contribution in [2.75, 3.05) is 18.8 Å². The molecule has 39 heavy (non-hydrogen) atoms. The van der Waals surface area contributed by atoms with Crippen molar-refractivity contribution >= 4 is 54.4 Å². The van der Waals surface area contributed by atoms with E-state index in [1.807, 2.05) is 26.8 Å². The Balaban J connectivity index is 1.52. The number of nitrogens with zero attached hydrogens (tertiary/aromatic N) is 3. The quantitative estimate of drug-likeness (QED) is 0.397. The molecule has 0 bridgehead atoms. The number of nitrogens with one attached hydrogen (secondary N) is 1. The maximum Gasteiger partial charge on any atom is 0.407 e. The molecule has 9 nitrogen and oxygen atoms in total. The first-order chi connectivity index (χ1) is 18.3. The molecule has 0 spiro atoms. The molecule has 3 aromatic rings. The molecule has 0 radical (unpaired) electrons. The first-order valence-corrected chi connectivity index (χ1v) is 15.5. The summed E-state index contributed by atoms with van der Waals surface area (Å²) in [5, 5.41) is 3.74. The number of carbonyl (C=O) groups excluding carboxylic acids is 1. The molecule has 2 aromatic carbocycles. The first kappa shape index (κ1) is 29.5. The molecule has 0 saturated carbocycles. The van der Waals surface area contributed by atoms with Crippen molar-refractivity contribution in [3.05, 3.63) is 67.6 Å². The van der Waals surface area contributed by atoms with Crippen LogP contribution in [0.1, 0.15) is 45.2 Å². The predicted octanol–water partition coefficient (Wildman–Crippen LogP) is 4.75. The first-order valence-electron chi connectivity index (χ1n) is 12.7. The van der Waals surface area contributed by atoms with Crippen LogP contribution < -0.4 is 10.9 Å². The van der Waals surface area contributed by atoms with Gasteiger partial charge in [0.1, 0.15) is 5.60 Å². The number of hydrogen-bond donors (Lipinski definition) is 1. The van der Waals surface area contributed by atoms with Crippen molar-refractivity contribution in [1.82, 2.24) is 19.8 Å². The topological polar surface area (TPSA) is 111 Å². The van der Waals surface area contributed by atoms with E-state index in [1.54, 1.807) is 19.1 Å². The smallest absolute Gasteiger partial charge is 0.407 e. The van der Waals surface area contributed by atoms with Gasteiger partial charge in [-0.1, -0.05) is 34.5 Å². The minimum Gasteiger partial charge on any atom is -0.444 e. The molecule has 1 saturated heterocycles. The molecule has 12 heteroatoms. The van der Waals surface area contributed by atoms with Gasteiger partial charge in [0.25, 0.3) is 5.56 Å². The Morgan fingerprint density at radius 1 is 1.21 bits per heavy atom. The van der Waals surface area contributed by atoms with Crippen molar-refractivity contribution in [3.63, 3.8) is 0 Å². The summed E-state index contributed by atoms with van der Waals surface area (Å²) < 4.78 is 32.7. The van der Waals surface area contributed by atoms with Crippen molar-refractivity contribution in [1.29, 1.82) is 0 Å². The van der Waals surface area contributed by atoms with Gasteiger partial charge in [0.05, 0.1) is 34.4 Å². The summed E-state index contributed by atoms with van der Waals surface area (Å²) in [4.78, 5) is 32.4. The molecule has 1 aliphatic heterocycles. The molecule has 4 rings (SSSR count). The molecule has 1 fully saturated rings. The minimum atomic E-state index is -3.50. The van der Waals surface area contributed by atoms with Crippen molar-refractivity contribution in [3.8, 4) is 0 Å². The summed E-state index contributed by atoms with van der Waals surface area (Å²) in [6.45, 7) is 9.21. The molecule has 1 atom stereocenters. The normalized spacial score (nSPS) is 16.5. The molecule has 210 valence electrons. The van der Waals surface area contributed by atoms with Gasteiger partial charge in [0, 0.05) is 35.2 Å². The highest BCUT2D eigenvalue weighted by Crippen LogP contribution is 2.26. The van der Waals surface area contributed by atoms with Crippen LogP contribution in [0.2, 0.25) is 5.02 Å². The van der Waals surface area contributed by atoms with Crippen molar-refractivity contribution < 1.29 is 17.9 Å². The molecule has 2 heterocycles. The summed E-state index contributed by atoms with van der Waals surface area (Å²) in [7, 11) is -3.50. The summed E-state index contributed by atoms with van der Waals surface area (Å²) in [6.07, 6.45) is 1.83. The molecule has 0 unspecified atom stereocenters. The van der Waals surface area contributed by atoms with E-state index in [-0.39, 0.29) is 28.8 Å². The number of hydrogen-bond acceptors (Lipinski definition) is 7. The number of benzene rings is 2. The lowest BCUT2D eigenvalue weighted by atomic mass is 10.1. The van der Waals surface area contributed by atoms with Crippen molar-refractivity contribution in [2.24, 2.45) is 0 Å². The van der Waals surface area contributed by atoms with Crippen LogP contribution in [0, 0.1) is 0 Å². The number of halogens is 2. The summed E-state index contributed by atoms with van der Waals surface area (Å²) >= 11 is 9.75. The van der Waals surface area contributed by atoms with E-state index in [2.05, 4.69) is 31.1 Å². The van der Waals surface area contributed by atoms with Gasteiger partial charge in [0.2, 0.25) is 0 Å². The Hall–Kier alpha value is -2.47. The van der Waals surface area contributed by atoms with E-state index < -0.39 is 21.5 Å². The number of rotatable bonds is 7. The molecule has 1 aliphatic rings. The number of likely N-dealkylation sites (tertiary alicyclic amines) is 1. The fraction of sp³-hybridized carbons (Fsp3) is 0.444. The number of carbonyl (C=O) groups is 1. The lowest BCUT2D eigenvalue weighted by Gasteiger charge is -2.22. The SMILES string of the molecule is CCS(=O)(=O)c1ccc(Cl)cc1Cn1cnc2cc(CN3CC[C@@H](NC(=O)OC(C)(C)C)C3)c(Br)cc2c1=O. The van der Waals surface area contributed by atoms with Crippen LogP contribution in [-0.4, -0.2) is 59.4 Å². The lowest BCUT2D eigenvalue weighted by molar-refractivity contribution is 0.0505. The van der Waals surface area contributed by atoms with Crippen LogP contribution in [0.25, 0.3) is 10.9 Å². The van der Waals surface area contributed by atoms with Gasteiger partial charge < -0.3 is 10.1 Å². The predicted molar refractivity (Wildman–Crippen MR) is 155 cm³/mol. The van der Waals surface area contributed by atoms with E-state index in [9.17, 15) is 18.0 Å². The van der Waals surface area contributed by atoms with Crippen molar-refractivity contribution in [2.45, 2.75) is 63.7 Å². The van der Waals surface area contributed by atoms with Crippen LogP contribution in [-0.2, 0) is 27.7 Å². The second-order valence-electron chi connectivity index (χ2n) is 10.7. The monoisotopic (exact) mass is 638 g/mol. The van der Waals surface area contributed by atoms with E-state index in [0.717, 1.165) is 23.0 Å². The third kappa shape index (κ3) is 7.19. The number of sulfone groups is 1. The van der Waals surface area contributed by atoms with E-state index in [1.165, 1.54) is 23.0 Å². The van der Waals surface area contributed by atoms with E-state index >= 15 is 0 Å². The molecule has 1 aromatic heterocycles. The second kappa shape index (κ2) is 11.6. The average Bonchev–Trinajstić information content (AvgIpc) is 3.27. The third-order valence-corrected chi connectivity index (χ3v) is 9.26. The average molecular weight is 640 g/mol. The maximum absolute atomic E-state index is 13.4. The Morgan fingerprint density at radius 3 is 2.64 bits per heavy atom. The standard InChI is InChI=1S/C27H32BrClN4O5S/c1-5-39(36,37)24-7-6-19(29)10-18(24)14-33-16-30-23-11-17(22(28)12-21(23)25(33)34)13-32-9-8-20(15-32)31-26(35)38-27(2,3)4/h6-7,10-12,16,20H,5,8-9,13-15H2,1-4H3,(H,31,35)/t20-/m1/s1. The Morgan fingerprint density at radius 2 is 1.95 bits per heavy atom. The highest BCUT2D eigenvalue weighted by molar-refractivity contribution is 9.10. The van der Waals surface area contributed by atoms with Crippen LogP contribution in [0.3, 0.4) is 0 Å². The molecule has 1 amide bonds. The van der Waals surface area contributed by atoms with Gasteiger partial charge in [-0.25, -0.2) is 18.2 Å². The van der Waals surface area contributed by atoms with Crippen LogP contribution >= 0.6 is 27.5 Å². The van der Waals surface area contributed by atoms with Gasteiger partial charge in [-0.15, -0.1) is 0 Å². The van der Waals surface area contributed by atoms with Gasteiger partial charge in [0.15, 0.2) is 9.84 Å². The molecular weight excluding hydrogens is 608 g/mol. The molecule has 0 aliphatic carbocycles. The Labute approximate surface area is 241 Å². The van der Waals surface area contributed by atoms with E-state index in [0.29, 0.717) is 34.6 Å². The summed E-state index contributed by atoms with van der Waals surface area (Å²) in [6, 6.07) is 8.21. The Bertz CT molecular complexity index is 1570. The van der Waals surface area contributed by atoms with Crippen LogP contribution in [0.15, 0.2) is 50.8 Å². The zero-order valence-corrected chi connectivity index (χ0v) is 25.5. The van der Waals surface area contributed by atoms with Gasteiger partial charge in [-0.2, -0.15) is 0 Å². The number of aromatic nitrogens is 2. The van der Waals surface area contributed by atoms with Gasteiger partial charge >= 0.3 is 6.09 Å². The summed E-state index contributed by atoms with van der Waals surface area (Å²) in [5.74, 6) is -0.0585. The van der Waals surface area contributed by atoms with Gasteiger partial charge in [-0.3, -0.25) is 14.3 Å². The largest absolute Gasteiger partial charge is 0.444 e. The highest BCUT2D eigenvalue weighted by atomic mass is 79.9. The minimum absolute atomic E-state index is 0.00249. The third-order valence-electron chi connectivity index (χ3n) is 6.46. The number of amides is 1. The number of fused-ring (bicyclic) bond motifs is 1. The highest BCUT2D eigenvalue weighted by Gasteiger charge is 2.27. The lowest BCUT2D eigenvalue weighted by Crippen LogP contribution is -2.40. The van der Waals surface area contributed by atoms with Gasteiger partial charge in [-0.05, 0) is 68.7 Å². The second-order valence-corrected chi connectivity index (χ2v) is 14.2. The van der Waals surface area contributed by atoms with Crippen LogP contribution in [0.5, 0.6) is 0 Å². The fourth-order valence-electron chi connectivity index (χ4n) is 4.58. The fourth-order valence-corrected chi connectivity index (χ4v) is 6.35. The number of ether oxygens (including phenoxy) is 1.